The normalized spacial score (nSPS) is 12.1. The van der Waals surface area contributed by atoms with Crippen molar-refractivity contribution in [1.82, 2.24) is 29.9 Å². The van der Waals surface area contributed by atoms with Crippen LogP contribution in [0.3, 0.4) is 0 Å². The van der Waals surface area contributed by atoms with Gasteiger partial charge in [-0.2, -0.15) is 0 Å². The first-order valence-electron chi connectivity index (χ1n) is 12.0. The van der Waals surface area contributed by atoms with Crippen molar-refractivity contribution in [3.63, 3.8) is 0 Å². The van der Waals surface area contributed by atoms with Crippen LogP contribution in [0.25, 0.3) is 22.5 Å². The van der Waals surface area contributed by atoms with Crippen molar-refractivity contribution < 1.29 is 23.1 Å². The molecular formula is C27H20Cl2N6O5S. The highest BCUT2D eigenvalue weighted by atomic mass is 35.5. The van der Waals surface area contributed by atoms with Crippen molar-refractivity contribution in [3.05, 3.63) is 106 Å². The summed E-state index contributed by atoms with van der Waals surface area (Å²) in [5, 5.41) is 26.4. The average molecular weight is 611 g/mol. The van der Waals surface area contributed by atoms with Gasteiger partial charge >= 0.3 is 5.97 Å². The number of carbonyl (C=O) groups excluding carboxylic acids is 1. The summed E-state index contributed by atoms with van der Waals surface area (Å²) in [5.74, 6) is -1.66. The first-order valence-corrected chi connectivity index (χ1v) is 14.2. The highest BCUT2D eigenvalue weighted by molar-refractivity contribution is 7.90. The molecule has 0 bridgehead atoms. The molecule has 2 aromatic heterocycles. The van der Waals surface area contributed by atoms with Gasteiger partial charge in [0, 0.05) is 28.2 Å². The lowest BCUT2D eigenvalue weighted by Gasteiger charge is -2.16. The van der Waals surface area contributed by atoms with Gasteiger partial charge in [-0.25, -0.2) is 22.3 Å². The first kappa shape index (κ1) is 28.0. The van der Waals surface area contributed by atoms with Crippen LogP contribution in [0.2, 0.25) is 10.0 Å². The van der Waals surface area contributed by atoms with Crippen molar-refractivity contribution in [3.8, 4) is 22.5 Å². The van der Waals surface area contributed by atoms with Gasteiger partial charge in [0.25, 0.3) is 15.9 Å². The van der Waals surface area contributed by atoms with Crippen LogP contribution in [0.4, 0.5) is 0 Å². The SMILES string of the molecule is O=C(N[C@@H](Cc1ccc(-c2ccccc2-c2nnn[nH]2)cc1)C(=O)O)c1cccn1S(=O)(=O)c1cc(Cl)cc(Cl)c1. The Bertz CT molecular complexity index is 1820. The number of hydrogen-bond donors (Lipinski definition) is 3. The molecule has 0 radical (unpaired) electrons. The molecule has 5 rings (SSSR count). The summed E-state index contributed by atoms with van der Waals surface area (Å²) in [6.45, 7) is 0. The van der Waals surface area contributed by atoms with Crippen LogP contribution in [-0.2, 0) is 21.2 Å². The summed E-state index contributed by atoms with van der Waals surface area (Å²) in [6, 6.07) is 19.8. The van der Waals surface area contributed by atoms with Crippen LogP contribution in [-0.4, -0.2) is 56.0 Å². The average Bonchev–Trinajstić information content (AvgIpc) is 3.66. The van der Waals surface area contributed by atoms with Crippen LogP contribution in [0, 0.1) is 0 Å². The van der Waals surface area contributed by atoms with Gasteiger partial charge in [-0.3, -0.25) is 4.79 Å². The molecule has 2 heterocycles. The number of amides is 1. The Morgan fingerprint density at radius 3 is 2.27 bits per heavy atom. The second-order valence-electron chi connectivity index (χ2n) is 8.86. The monoisotopic (exact) mass is 610 g/mol. The largest absolute Gasteiger partial charge is 0.480 e. The fourth-order valence-corrected chi connectivity index (χ4v) is 6.31. The summed E-state index contributed by atoms with van der Waals surface area (Å²) >= 11 is 11.9. The van der Waals surface area contributed by atoms with Gasteiger partial charge in [-0.1, -0.05) is 71.7 Å². The number of benzene rings is 3. The lowest BCUT2D eigenvalue weighted by molar-refractivity contribution is -0.139. The van der Waals surface area contributed by atoms with E-state index in [2.05, 4.69) is 25.9 Å². The lowest BCUT2D eigenvalue weighted by Crippen LogP contribution is -2.43. The molecule has 0 saturated heterocycles. The smallest absolute Gasteiger partial charge is 0.326 e. The summed E-state index contributed by atoms with van der Waals surface area (Å²) in [5.41, 5.74) is 2.86. The van der Waals surface area contributed by atoms with E-state index in [0.717, 1.165) is 20.7 Å². The van der Waals surface area contributed by atoms with Crippen molar-refractivity contribution in [2.75, 3.05) is 0 Å². The quantitative estimate of drug-likeness (QED) is 0.222. The minimum absolute atomic E-state index is 0.0492. The standard InChI is InChI=1S/C27H20Cl2N6O5S/c28-18-13-19(29)15-20(14-18)41(39,40)35-11-3-6-24(35)26(36)30-23(27(37)38)12-16-7-9-17(10-8-16)21-4-1-2-5-22(21)25-31-33-34-32-25/h1-11,13-15,23H,12H2,(H,30,36)(H,37,38)(H,31,32,33,34)/t23-/m0/s1. The molecule has 0 aliphatic heterocycles. The number of hydrogen-bond acceptors (Lipinski definition) is 7. The fraction of sp³-hybridized carbons (Fsp3) is 0.0741. The number of carbonyl (C=O) groups is 2. The van der Waals surface area contributed by atoms with Crippen LogP contribution < -0.4 is 5.32 Å². The molecule has 3 N–H and O–H groups in total. The maximum atomic E-state index is 13.2. The molecule has 0 spiro atoms. The van der Waals surface area contributed by atoms with Gasteiger partial charge < -0.3 is 10.4 Å². The number of halogens is 2. The van der Waals surface area contributed by atoms with Gasteiger partial charge in [0.15, 0.2) is 5.82 Å². The second kappa shape index (κ2) is 11.5. The lowest BCUT2D eigenvalue weighted by atomic mass is 9.97. The summed E-state index contributed by atoms with van der Waals surface area (Å²) in [7, 11) is -4.26. The molecule has 3 aromatic carbocycles. The van der Waals surface area contributed by atoms with Crippen molar-refractivity contribution in [2.24, 2.45) is 0 Å². The van der Waals surface area contributed by atoms with E-state index in [0.29, 0.717) is 11.4 Å². The summed E-state index contributed by atoms with van der Waals surface area (Å²) in [6.07, 6.45) is 1.13. The predicted octanol–water partition coefficient (Wildman–Crippen LogP) is 4.30. The molecule has 14 heteroatoms. The summed E-state index contributed by atoms with van der Waals surface area (Å²) in [4.78, 5) is 24.9. The number of aromatic nitrogens is 5. The van der Waals surface area contributed by atoms with E-state index in [-0.39, 0.29) is 27.1 Å². The Hall–Kier alpha value is -4.52. The molecule has 11 nitrogen and oxygen atoms in total. The Kier molecular flexibility index (Phi) is 7.88. The number of aliphatic carboxylic acids is 1. The molecular weight excluding hydrogens is 591 g/mol. The molecule has 0 unspecified atom stereocenters. The zero-order chi connectivity index (χ0) is 29.1. The van der Waals surface area contributed by atoms with E-state index in [9.17, 15) is 23.1 Å². The minimum atomic E-state index is -4.26. The van der Waals surface area contributed by atoms with Gasteiger partial charge in [0.1, 0.15) is 11.7 Å². The van der Waals surface area contributed by atoms with Gasteiger partial charge in [-0.05, 0) is 57.4 Å². The van der Waals surface area contributed by atoms with E-state index >= 15 is 0 Å². The van der Waals surface area contributed by atoms with Crippen molar-refractivity contribution >= 4 is 45.1 Å². The predicted molar refractivity (Wildman–Crippen MR) is 151 cm³/mol. The highest BCUT2D eigenvalue weighted by Crippen LogP contribution is 2.30. The van der Waals surface area contributed by atoms with Gasteiger partial charge in [0.2, 0.25) is 0 Å². The van der Waals surface area contributed by atoms with Crippen molar-refractivity contribution in [1.29, 1.82) is 0 Å². The summed E-state index contributed by atoms with van der Waals surface area (Å²) < 4.78 is 27.2. The number of H-pyrrole nitrogens is 1. The molecule has 0 aliphatic rings. The zero-order valence-electron chi connectivity index (χ0n) is 20.9. The number of tetrazole rings is 1. The molecule has 1 atom stereocenters. The third-order valence-electron chi connectivity index (χ3n) is 6.17. The molecule has 1 amide bonds. The second-order valence-corrected chi connectivity index (χ2v) is 11.5. The Morgan fingerprint density at radius 1 is 0.951 bits per heavy atom. The van der Waals surface area contributed by atoms with E-state index in [1.54, 1.807) is 12.1 Å². The van der Waals surface area contributed by atoms with Crippen LogP contribution in [0.15, 0.2) is 90.0 Å². The van der Waals surface area contributed by atoms with E-state index in [1.165, 1.54) is 36.5 Å². The van der Waals surface area contributed by atoms with Crippen LogP contribution >= 0.6 is 23.2 Å². The van der Waals surface area contributed by atoms with Gasteiger partial charge in [0.05, 0.1) is 4.90 Å². The van der Waals surface area contributed by atoms with Crippen LogP contribution in [0.5, 0.6) is 0 Å². The zero-order valence-corrected chi connectivity index (χ0v) is 23.2. The molecule has 0 saturated carbocycles. The van der Waals surface area contributed by atoms with Gasteiger partial charge in [-0.15, -0.1) is 5.10 Å². The Labute approximate surface area is 243 Å². The number of nitrogens with zero attached hydrogens (tertiary/aromatic N) is 4. The molecule has 0 fully saturated rings. The number of nitrogens with one attached hydrogen (secondary N) is 2. The third-order valence-corrected chi connectivity index (χ3v) is 8.28. The third kappa shape index (κ3) is 5.99. The first-order chi connectivity index (χ1) is 19.6. The van der Waals surface area contributed by atoms with E-state index in [1.807, 2.05) is 36.4 Å². The van der Waals surface area contributed by atoms with Crippen LogP contribution in [0.1, 0.15) is 16.1 Å². The Morgan fingerprint density at radius 2 is 1.63 bits per heavy atom. The number of rotatable bonds is 9. The molecule has 208 valence electrons. The Balaban J connectivity index is 1.35. The van der Waals surface area contributed by atoms with E-state index < -0.39 is 27.9 Å². The topological polar surface area (TPSA) is 160 Å². The fourth-order valence-electron chi connectivity index (χ4n) is 4.25. The van der Waals surface area contributed by atoms with Crippen molar-refractivity contribution in [2.45, 2.75) is 17.4 Å². The molecule has 41 heavy (non-hydrogen) atoms. The number of carboxylic acid groups (broad SMARTS) is 1. The number of aromatic amines is 1. The number of carboxylic acids is 1. The highest BCUT2D eigenvalue weighted by Gasteiger charge is 2.27. The minimum Gasteiger partial charge on any atom is -0.480 e. The molecule has 0 aliphatic carbocycles. The maximum Gasteiger partial charge on any atom is 0.326 e. The molecule has 5 aromatic rings. The maximum absolute atomic E-state index is 13.2. The van der Waals surface area contributed by atoms with E-state index in [4.69, 9.17) is 23.2 Å².